The summed E-state index contributed by atoms with van der Waals surface area (Å²) in [7, 11) is 0. The molecule has 3 rings (SSSR count). The maximum Gasteiger partial charge on any atom is 0.269 e. The van der Waals surface area contributed by atoms with Crippen molar-refractivity contribution in [1.29, 1.82) is 0 Å². The number of amidine groups is 1. The lowest BCUT2D eigenvalue weighted by Gasteiger charge is -2.17. The van der Waals surface area contributed by atoms with E-state index in [4.69, 9.17) is 0 Å². The number of benzene rings is 2. The summed E-state index contributed by atoms with van der Waals surface area (Å²) in [5, 5.41) is 11.4. The second-order valence-electron chi connectivity index (χ2n) is 5.34. The van der Waals surface area contributed by atoms with Gasteiger partial charge in [0.2, 0.25) is 0 Å². The van der Waals surface area contributed by atoms with Crippen LogP contribution >= 0.6 is 11.8 Å². The molecule has 0 atom stereocenters. The van der Waals surface area contributed by atoms with Crippen LogP contribution in [-0.2, 0) is 5.75 Å². The predicted molar refractivity (Wildman–Crippen MR) is 94.1 cm³/mol. The van der Waals surface area contributed by atoms with E-state index in [1.54, 1.807) is 17.0 Å². The summed E-state index contributed by atoms with van der Waals surface area (Å²) in [5.74, 6) is -0.164. The lowest BCUT2D eigenvalue weighted by molar-refractivity contribution is -0.384. The van der Waals surface area contributed by atoms with Crippen molar-refractivity contribution in [2.24, 2.45) is 4.99 Å². The second-order valence-corrected chi connectivity index (χ2v) is 6.29. The molecule has 0 fully saturated rings. The Morgan fingerprint density at radius 2 is 2.04 bits per heavy atom. The average Bonchev–Trinajstić information content (AvgIpc) is 3.09. The van der Waals surface area contributed by atoms with Crippen LogP contribution in [0.2, 0.25) is 0 Å². The van der Waals surface area contributed by atoms with Crippen molar-refractivity contribution in [2.75, 3.05) is 13.1 Å². The Labute approximate surface area is 147 Å². The number of hydrogen-bond acceptors (Lipinski definition) is 5. The van der Waals surface area contributed by atoms with E-state index in [2.05, 4.69) is 4.99 Å². The highest BCUT2D eigenvalue weighted by molar-refractivity contribution is 8.13. The van der Waals surface area contributed by atoms with Crippen molar-refractivity contribution < 1.29 is 14.1 Å². The molecule has 0 saturated carbocycles. The van der Waals surface area contributed by atoms with Crippen molar-refractivity contribution in [1.82, 2.24) is 4.90 Å². The first-order valence-electron chi connectivity index (χ1n) is 7.52. The third-order valence-corrected chi connectivity index (χ3v) is 4.71. The zero-order valence-corrected chi connectivity index (χ0v) is 13.9. The van der Waals surface area contributed by atoms with E-state index < -0.39 is 10.7 Å². The van der Waals surface area contributed by atoms with E-state index >= 15 is 0 Å². The fraction of sp³-hybridized carbons (Fsp3) is 0.176. The average molecular weight is 359 g/mol. The highest BCUT2D eigenvalue weighted by atomic mass is 32.2. The van der Waals surface area contributed by atoms with Crippen molar-refractivity contribution in [3.63, 3.8) is 0 Å². The van der Waals surface area contributed by atoms with Crippen molar-refractivity contribution >= 4 is 28.5 Å². The first-order chi connectivity index (χ1) is 12.0. The zero-order chi connectivity index (χ0) is 17.8. The minimum absolute atomic E-state index is 0.0331. The number of non-ortho nitro benzene ring substituents is 1. The summed E-state index contributed by atoms with van der Waals surface area (Å²) in [6.07, 6.45) is 0. The van der Waals surface area contributed by atoms with Crippen LogP contribution in [-0.4, -0.2) is 34.0 Å². The highest BCUT2D eigenvalue weighted by Gasteiger charge is 2.25. The number of thioether (sulfide) groups is 1. The van der Waals surface area contributed by atoms with E-state index in [0.717, 1.165) is 5.56 Å². The number of nitro benzene ring substituents is 1. The van der Waals surface area contributed by atoms with Crippen molar-refractivity contribution in [2.45, 2.75) is 5.75 Å². The van der Waals surface area contributed by atoms with E-state index in [1.807, 2.05) is 0 Å². The Morgan fingerprint density at radius 1 is 1.28 bits per heavy atom. The number of aliphatic imine (C=N–C) groups is 1. The molecule has 0 unspecified atom stereocenters. The quantitative estimate of drug-likeness (QED) is 0.619. The van der Waals surface area contributed by atoms with Gasteiger partial charge in [-0.1, -0.05) is 23.9 Å². The molecule has 1 heterocycles. The first kappa shape index (κ1) is 17.1. The first-order valence-corrected chi connectivity index (χ1v) is 8.51. The predicted octanol–water partition coefficient (Wildman–Crippen LogP) is 3.48. The summed E-state index contributed by atoms with van der Waals surface area (Å²) in [4.78, 5) is 28.8. The molecule has 0 spiro atoms. The SMILES string of the molecule is O=C(c1ccc(F)cc1)N1CCN=C1SCc1cccc([N+](=O)[O-])c1. The molecule has 128 valence electrons. The van der Waals surface area contributed by atoms with Gasteiger partial charge < -0.3 is 0 Å². The number of amides is 1. The summed E-state index contributed by atoms with van der Waals surface area (Å²) in [5.41, 5.74) is 1.21. The third kappa shape index (κ3) is 4.03. The largest absolute Gasteiger partial charge is 0.286 e. The van der Waals surface area contributed by atoms with Crippen molar-refractivity contribution in [3.8, 4) is 0 Å². The zero-order valence-electron chi connectivity index (χ0n) is 13.1. The minimum Gasteiger partial charge on any atom is -0.286 e. The molecular formula is C17H14FN3O3S. The molecule has 1 aliphatic heterocycles. The number of hydrogen-bond donors (Lipinski definition) is 0. The van der Waals surface area contributed by atoms with Gasteiger partial charge in [-0.3, -0.25) is 24.8 Å². The molecule has 0 radical (unpaired) electrons. The van der Waals surface area contributed by atoms with Gasteiger partial charge in [-0.05, 0) is 29.8 Å². The molecule has 0 aliphatic carbocycles. The minimum atomic E-state index is -0.439. The third-order valence-electron chi connectivity index (χ3n) is 3.63. The summed E-state index contributed by atoms with van der Waals surface area (Å²) in [6, 6.07) is 11.7. The molecule has 0 saturated heterocycles. The van der Waals surface area contributed by atoms with Gasteiger partial charge in [0.1, 0.15) is 5.82 Å². The van der Waals surface area contributed by atoms with E-state index in [0.29, 0.717) is 29.6 Å². The topological polar surface area (TPSA) is 75.8 Å². The number of carbonyl (C=O) groups excluding carboxylic acids is 1. The van der Waals surface area contributed by atoms with Crippen LogP contribution in [0.15, 0.2) is 53.5 Å². The number of rotatable bonds is 4. The van der Waals surface area contributed by atoms with Gasteiger partial charge in [-0.2, -0.15) is 0 Å². The Kier molecular flexibility index (Phi) is 5.08. The summed E-state index contributed by atoms with van der Waals surface area (Å²) >= 11 is 1.35. The van der Waals surface area contributed by atoms with Gasteiger partial charge in [0.05, 0.1) is 11.5 Å². The van der Waals surface area contributed by atoms with Crippen LogP contribution in [0.3, 0.4) is 0 Å². The van der Waals surface area contributed by atoms with Crippen LogP contribution in [0.4, 0.5) is 10.1 Å². The van der Waals surface area contributed by atoms with Gasteiger partial charge in [0.15, 0.2) is 5.17 Å². The fourth-order valence-electron chi connectivity index (χ4n) is 2.39. The number of nitrogens with zero attached hydrogens (tertiary/aromatic N) is 3. The fourth-order valence-corrected chi connectivity index (χ4v) is 3.38. The molecule has 2 aromatic rings. The van der Waals surface area contributed by atoms with Gasteiger partial charge in [0.25, 0.3) is 11.6 Å². The van der Waals surface area contributed by atoms with Crippen LogP contribution in [0, 0.1) is 15.9 Å². The van der Waals surface area contributed by atoms with Crippen LogP contribution in [0.1, 0.15) is 15.9 Å². The van der Waals surface area contributed by atoms with Gasteiger partial charge >= 0.3 is 0 Å². The molecule has 0 N–H and O–H groups in total. The Balaban J connectivity index is 1.68. The maximum absolute atomic E-state index is 13.0. The molecule has 1 aliphatic rings. The van der Waals surface area contributed by atoms with E-state index in [9.17, 15) is 19.3 Å². The smallest absolute Gasteiger partial charge is 0.269 e. The molecule has 0 bridgehead atoms. The molecular weight excluding hydrogens is 345 g/mol. The molecule has 8 heteroatoms. The molecule has 0 aromatic heterocycles. The maximum atomic E-state index is 13.0. The van der Waals surface area contributed by atoms with E-state index in [-0.39, 0.29) is 11.6 Å². The lowest BCUT2D eigenvalue weighted by atomic mass is 10.2. The van der Waals surface area contributed by atoms with Crippen LogP contribution < -0.4 is 0 Å². The Morgan fingerprint density at radius 3 is 2.76 bits per heavy atom. The standard InChI is InChI=1S/C17H14FN3O3S/c18-14-6-4-13(5-7-14)16(22)20-9-8-19-17(20)25-11-12-2-1-3-15(10-12)21(23)24/h1-7,10H,8-9,11H2. The normalized spacial score (nSPS) is 13.6. The highest BCUT2D eigenvalue weighted by Crippen LogP contribution is 2.23. The number of halogens is 1. The molecule has 25 heavy (non-hydrogen) atoms. The van der Waals surface area contributed by atoms with Crippen molar-refractivity contribution in [3.05, 3.63) is 75.6 Å². The number of carbonyl (C=O) groups is 1. The van der Waals surface area contributed by atoms with Crippen LogP contribution in [0.5, 0.6) is 0 Å². The van der Waals surface area contributed by atoms with Gasteiger partial charge in [-0.25, -0.2) is 4.39 Å². The lowest BCUT2D eigenvalue weighted by Crippen LogP contribution is -2.32. The second kappa shape index (κ2) is 7.43. The molecule has 1 amide bonds. The van der Waals surface area contributed by atoms with E-state index in [1.165, 1.54) is 48.2 Å². The summed E-state index contributed by atoms with van der Waals surface area (Å²) < 4.78 is 13.0. The Bertz CT molecular complexity index is 839. The monoisotopic (exact) mass is 359 g/mol. The molecule has 2 aromatic carbocycles. The summed E-state index contributed by atoms with van der Waals surface area (Å²) in [6.45, 7) is 0.970. The number of nitro groups is 1. The Hall–Kier alpha value is -2.74. The van der Waals surface area contributed by atoms with Gasteiger partial charge in [0, 0.05) is 30.0 Å². The molecule has 6 nitrogen and oxygen atoms in total. The van der Waals surface area contributed by atoms with Gasteiger partial charge in [-0.15, -0.1) is 0 Å². The van der Waals surface area contributed by atoms with Crippen LogP contribution in [0.25, 0.3) is 0 Å².